The van der Waals surface area contributed by atoms with Crippen LogP contribution in [-0.4, -0.2) is 43.8 Å². The lowest BCUT2D eigenvalue weighted by Gasteiger charge is -2.36. The molecule has 1 unspecified atom stereocenters. The quantitative estimate of drug-likeness (QED) is 0.855. The molecule has 0 saturated heterocycles. The molecule has 0 spiro atoms. The van der Waals surface area contributed by atoms with Crippen molar-refractivity contribution in [2.45, 2.75) is 13.1 Å². The summed E-state index contributed by atoms with van der Waals surface area (Å²) >= 11 is 0. The number of methoxy groups -OCH3 is 2. The maximum absolute atomic E-state index is 12.9. The van der Waals surface area contributed by atoms with Crippen molar-refractivity contribution in [1.29, 1.82) is 0 Å². The van der Waals surface area contributed by atoms with Crippen LogP contribution in [0.2, 0.25) is 0 Å². The van der Waals surface area contributed by atoms with Gasteiger partial charge in [-0.25, -0.2) is 0 Å². The fraction of sp³-hybridized carbons (Fsp3) is 0.316. The molecule has 0 fully saturated rings. The Balaban J connectivity index is 2.05. The molecule has 2 N–H and O–H groups in total. The summed E-state index contributed by atoms with van der Waals surface area (Å²) in [4.78, 5) is 14.4. The number of phenols is 1. The van der Waals surface area contributed by atoms with Crippen LogP contribution in [0.25, 0.3) is 0 Å². The maximum atomic E-state index is 12.9. The Bertz CT molecular complexity index is 837. The van der Waals surface area contributed by atoms with E-state index in [0.29, 0.717) is 40.7 Å². The average Bonchev–Trinajstić information content (AvgIpc) is 2.65. The molecule has 0 aromatic heterocycles. The Labute approximate surface area is 152 Å². The molecule has 1 amide bonds. The number of nitrogens with one attached hydrogen (secondary N) is 1. The van der Waals surface area contributed by atoms with Crippen molar-refractivity contribution in [1.82, 2.24) is 4.90 Å². The van der Waals surface area contributed by atoms with Crippen LogP contribution in [0.3, 0.4) is 0 Å². The second kappa shape index (κ2) is 7.03. The number of carbonyl (C=O) groups excluding carboxylic acids is 1. The molecule has 2 aromatic rings. The van der Waals surface area contributed by atoms with Gasteiger partial charge in [0.15, 0.2) is 11.5 Å². The molecule has 7 heteroatoms. The zero-order valence-corrected chi connectivity index (χ0v) is 15.2. The van der Waals surface area contributed by atoms with E-state index in [1.807, 2.05) is 6.92 Å². The van der Waals surface area contributed by atoms with E-state index in [9.17, 15) is 9.90 Å². The van der Waals surface area contributed by atoms with Crippen LogP contribution in [0, 0.1) is 0 Å². The number of rotatable bonds is 5. The van der Waals surface area contributed by atoms with Gasteiger partial charge in [-0.1, -0.05) is 0 Å². The van der Waals surface area contributed by atoms with Crippen LogP contribution in [-0.2, 0) is 0 Å². The number of anilines is 1. The van der Waals surface area contributed by atoms with Gasteiger partial charge in [0, 0.05) is 18.7 Å². The molecule has 0 radical (unpaired) electrons. The molecule has 1 aliphatic heterocycles. The van der Waals surface area contributed by atoms with E-state index in [0.717, 1.165) is 0 Å². The van der Waals surface area contributed by atoms with Crippen LogP contribution >= 0.6 is 0 Å². The monoisotopic (exact) mass is 358 g/mol. The van der Waals surface area contributed by atoms with Gasteiger partial charge in [-0.2, -0.15) is 0 Å². The molecule has 0 aliphatic carbocycles. The number of hydrogen-bond acceptors (Lipinski definition) is 6. The summed E-state index contributed by atoms with van der Waals surface area (Å²) in [6, 6.07) is 8.34. The van der Waals surface area contributed by atoms with Gasteiger partial charge >= 0.3 is 0 Å². The van der Waals surface area contributed by atoms with Crippen molar-refractivity contribution < 1.29 is 24.1 Å². The molecule has 138 valence electrons. The number of carbonyl (C=O) groups is 1. The van der Waals surface area contributed by atoms with E-state index in [4.69, 9.17) is 14.2 Å². The standard InChI is InChI=1S/C19H22N2O5/c1-5-26-11-6-7-15(22)13(8-11)18-20-14-10-17(25-4)16(24-3)9-12(14)19(23)21(18)2/h6-10,18,20,22H,5H2,1-4H3. The Kier molecular flexibility index (Phi) is 4.79. The predicted molar refractivity (Wildman–Crippen MR) is 97.3 cm³/mol. The minimum Gasteiger partial charge on any atom is -0.508 e. The highest BCUT2D eigenvalue weighted by Crippen LogP contribution is 2.41. The van der Waals surface area contributed by atoms with Gasteiger partial charge in [-0.05, 0) is 31.2 Å². The average molecular weight is 358 g/mol. The zero-order chi connectivity index (χ0) is 18.8. The van der Waals surface area contributed by atoms with Crippen LogP contribution in [0.1, 0.15) is 29.0 Å². The van der Waals surface area contributed by atoms with Gasteiger partial charge in [0.05, 0.1) is 32.1 Å². The van der Waals surface area contributed by atoms with Crippen molar-refractivity contribution in [3.8, 4) is 23.0 Å². The van der Waals surface area contributed by atoms with Crippen molar-refractivity contribution in [2.24, 2.45) is 0 Å². The Morgan fingerprint density at radius 3 is 2.50 bits per heavy atom. The van der Waals surface area contributed by atoms with Gasteiger partial charge in [0.2, 0.25) is 0 Å². The number of nitrogens with zero attached hydrogens (tertiary/aromatic N) is 1. The second-order valence-corrected chi connectivity index (χ2v) is 5.87. The van der Waals surface area contributed by atoms with Gasteiger partial charge in [0.1, 0.15) is 17.7 Å². The van der Waals surface area contributed by atoms with E-state index < -0.39 is 6.17 Å². The highest BCUT2D eigenvalue weighted by molar-refractivity contribution is 6.02. The van der Waals surface area contributed by atoms with Crippen molar-refractivity contribution in [2.75, 3.05) is 33.2 Å². The topological polar surface area (TPSA) is 80.3 Å². The van der Waals surface area contributed by atoms with Crippen molar-refractivity contribution in [3.63, 3.8) is 0 Å². The van der Waals surface area contributed by atoms with Gasteiger partial charge in [0.25, 0.3) is 5.91 Å². The summed E-state index contributed by atoms with van der Waals surface area (Å²) in [6.07, 6.45) is -0.548. The largest absolute Gasteiger partial charge is 0.508 e. The predicted octanol–water partition coefficient (Wildman–Crippen LogP) is 3.00. The normalized spacial score (nSPS) is 15.9. The first kappa shape index (κ1) is 17.7. The van der Waals surface area contributed by atoms with Crippen LogP contribution in [0.5, 0.6) is 23.0 Å². The van der Waals surface area contributed by atoms with Crippen LogP contribution in [0.15, 0.2) is 30.3 Å². The number of aromatic hydroxyl groups is 1. The lowest BCUT2D eigenvalue weighted by atomic mass is 10.0. The Morgan fingerprint density at radius 1 is 1.15 bits per heavy atom. The fourth-order valence-electron chi connectivity index (χ4n) is 3.02. The first-order chi connectivity index (χ1) is 12.5. The van der Waals surface area contributed by atoms with Crippen LogP contribution in [0.4, 0.5) is 5.69 Å². The summed E-state index contributed by atoms with van der Waals surface area (Å²) in [6.45, 7) is 2.40. The Hall–Kier alpha value is -3.09. The third-order valence-corrected chi connectivity index (χ3v) is 4.36. The summed E-state index contributed by atoms with van der Waals surface area (Å²) in [7, 11) is 4.73. The molecule has 1 heterocycles. The molecule has 2 aromatic carbocycles. The molecule has 1 atom stereocenters. The third-order valence-electron chi connectivity index (χ3n) is 4.36. The van der Waals surface area contributed by atoms with E-state index in [-0.39, 0.29) is 11.7 Å². The molecular formula is C19H22N2O5. The maximum Gasteiger partial charge on any atom is 0.257 e. The number of hydrogen-bond donors (Lipinski definition) is 2. The second-order valence-electron chi connectivity index (χ2n) is 5.87. The SMILES string of the molecule is CCOc1ccc(O)c(C2Nc3cc(OC)c(OC)cc3C(=O)N2C)c1. The number of amides is 1. The zero-order valence-electron chi connectivity index (χ0n) is 15.2. The van der Waals surface area contributed by atoms with Crippen LogP contribution < -0.4 is 19.5 Å². The minimum atomic E-state index is -0.548. The molecule has 0 bridgehead atoms. The first-order valence-corrected chi connectivity index (χ1v) is 8.25. The molecule has 1 aliphatic rings. The third kappa shape index (κ3) is 2.96. The number of benzene rings is 2. The summed E-state index contributed by atoms with van der Waals surface area (Å²) in [5, 5.41) is 13.6. The summed E-state index contributed by atoms with van der Waals surface area (Å²) in [5.41, 5.74) is 1.63. The molecule has 0 saturated carbocycles. The minimum absolute atomic E-state index is 0.0783. The van der Waals surface area contributed by atoms with Crippen molar-refractivity contribution in [3.05, 3.63) is 41.5 Å². The fourth-order valence-corrected chi connectivity index (χ4v) is 3.02. The summed E-state index contributed by atoms with van der Waals surface area (Å²) < 4.78 is 16.1. The van der Waals surface area contributed by atoms with E-state index >= 15 is 0 Å². The van der Waals surface area contributed by atoms with E-state index in [2.05, 4.69) is 5.32 Å². The number of fused-ring (bicyclic) bond motifs is 1. The first-order valence-electron chi connectivity index (χ1n) is 8.25. The molecule has 3 rings (SSSR count). The molecular weight excluding hydrogens is 336 g/mol. The number of phenolic OH excluding ortho intramolecular Hbond substituents is 1. The highest BCUT2D eigenvalue weighted by atomic mass is 16.5. The highest BCUT2D eigenvalue weighted by Gasteiger charge is 2.33. The summed E-state index contributed by atoms with van der Waals surface area (Å²) in [5.74, 6) is 1.51. The van der Waals surface area contributed by atoms with E-state index in [1.165, 1.54) is 19.1 Å². The lowest BCUT2D eigenvalue weighted by molar-refractivity contribution is 0.0733. The smallest absolute Gasteiger partial charge is 0.257 e. The lowest BCUT2D eigenvalue weighted by Crippen LogP contribution is -2.40. The van der Waals surface area contributed by atoms with Crippen molar-refractivity contribution >= 4 is 11.6 Å². The van der Waals surface area contributed by atoms with E-state index in [1.54, 1.807) is 37.4 Å². The van der Waals surface area contributed by atoms with Gasteiger partial charge < -0.3 is 29.5 Å². The number of ether oxygens (including phenoxy) is 3. The van der Waals surface area contributed by atoms with Gasteiger partial charge in [-0.3, -0.25) is 4.79 Å². The Morgan fingerprint density at radius 2 is 1.85 bits per heavy atom. The molecule has 7 nitrogen and oxygen atoms in total. The molecule has 26 heavy (non-hydrogen) atoms. The van der Waals surface area contributed by atoms with Gasteiger partial charge in [-0.15, -0.1) is 0 Å².